The topological polar surface area (TPSA) is 46.2 Å². The van der Waals surface area contributed by atoms with Crippen molar-refractivity contribution < 1.29 is 12.8 Å². The molecule has 0 aliphatic rings. The summed E-state index contributed by atoms with van der Waals surface area (Å²) in [6.07, 6.45) is 0. The summed E-state index contributed by atoms with van der Waals surface area (Å²) >= 11 is 4.55. The Bertz CT molecular complexity index is 725. The van der Waals surface area contributed by atoms with Crippen molar-refractivity contribution in [1.29, 1.82) is 0 Å². The number of sulfonamides is 1. The fraction of sp³-hybridized carbons (Fsp3) is 0.167. The molecule has 0 unspecified atom stereocenters. The Morgan fingerprint density at radius 1 is 1.26 bits per heavy atom. The van der Waals surface area contributed by atoms with Crippen LogP contribution in [0.3, 0.4) is 0 Å². The second-order valence-corrected chi connectivity index (χ2v) is 8.35. The number of hydrogen-bond donors (Lipinski definition) is 1. The van der Waals surface area contributed by atoms with E-state index in [4.69, 9.17) is 0 Å². The SMILES string of the molecule is Cc1ccc(NS(=O)(=O)c2cc(Br)sc2C)c(F)c1. The quantitative estimate of drug-likeness (QED) is 0.893. The van der Waals surface area contributed by atoms with Crippen molar-refractivity contribution in [2.45, 2.75) is 18.7 Å². The summed E-state index contributed by atoms with van der Waals surface area (Å²) < 4.78 is 41.0. The molecule has 0 radical (unpaired) electrons. The van der Waals surface area contributed by atoms with Crippen LogP contribution >= 0.6 is 27.3 Å². The summed E-state index contributed by atoms with van der Waals surface area (Å²) in [5.74, 6) is -0.587. The van der Waals surface area contributed by atoms with Crippen LogP contribution in [0.4, 0.5) is 10.1 Å². The number of halogens is 2. The summed E-state index contributed by atoms with van der Waals surface area (Å²) in [5.41, 5.74) is 0.683. The summed E-state index contributed by atoms with van der Waals surface area (Å²) in [7, 11) is -3.77. The van der Waals surface area contributed by atoms with Gasteiger partial charge < -0.3 is 0 Å². The molecule has 0 amide bonds. The highest BCUT2D eigenvalue weighted by molar-refractivity contribution is 9.11. The van der Waals surface area contributed by atoms with Crippen LogP contribution in [0.1, 0.15) is 10.4 Å². The van der Waals surface area contributed by atoms with Gasteiger partial charge in [-0.15, -0.1) is 11.3 Å². The normalized spacial score (nSPS) is 11.6. The van der Waals surface area contributed by atoms with Crippen LogP contribution in [0.15, 0.2) is 32.9 Å². The van der Waals surface area contributed by atoms with Crippen LogP contribution in [0, 0.1) is 19.7 Å². The first-order valence-corrected chi connectivity index (χ1v) is 8.44. The van der Waals surface area contributed by atoms with Crippen molar-refractivity contribution in [3.05, 3.63) is 44.3 Å². The van der Waals surface area contributed by atoms with E-state index in [0.29, 0.717) is 4.88 Å². The van der Waals surface area contributed by atoms with Crippen molar-refractivity contribution in [3.63, 3.8) is 0 Å². The molecule has 102 valence electrons. The standard InChI is InChI=1S/C12H11BrFNO2S2/c1-7-3-4-10(9(14)5-7)15-19(16,17)11-6-12(13)18-8(11)2/h3-6,15H,1-2H3. The Hall–Kier alpha value is -0.920. The van der Waals surface area contributed by atoms with E-state index in [2.05, 4.69) is 20.7 Å². The molecule has 1 aromatic heterocycles. The van der Waals surface area contributed by atoms with Gasteiger partial charge in [0.25, 0.3) is 10.0 Å². The summed E-state index contributed by atoms with van der Waals surface area (Å²) in [6.45, 7) is 3.44. The molecule has 0 bridgehead atoms. The van der Waals surface area contributed by atoms with Crippen molar-refractivity contribution in [1.82, 2.24) is 0 Å². The van der Waals surface area contributed by atoms with Gasteiger partial charge in [0.05, 0.1) is 9.47 Å². The monoisotopic (exact) mass is 363 g/mol. The third-order valence-corrected chi connectivity index (χ3v) is 5.67. The van der Waals surface area contributed by atoms with Gasteiger partial charge in [-0.3, -0.25) is 4.72 Å². The molecule has 0 saturated carbocycles. The van der Waals surface area contributed by atoms with Gasteiger partial charge in [0.15, 0.2) is 0 Å². The van der Waals surface area contributed by atoms with Crippen molar-refractivity contribution in [3.8, 4) is 0 Å². The lowest BCUT2D eigenvalue weighted by Crippen LogP contribution is -2.14. The lowest BCUT2D eigenvalue weighted by atomic mass is 10.2. The zero-order valence-corrected chi connectivity index (χ0v) is 13.4. The summed E-state index contributed by atoms with van der Waals surface area (Å²) in [6, 6.07) is 5.86. The molecule has 19 heavy (non-hydrogen) atoms. The Morgan fingerprint density at radius 2 is 1.95 bits per heavy atom. The molecular weight excluding hydrogens is 353 g/mol. The molecule has 1 aromatic carbocycles. The highest BCUT2D eigenvalue weighted by Crippen LogP contribution is 2.31. The fourth-order valence-corrected chi connectivity index (χ4v) is 5.08. The molecule has 0 spiro atoms. The highest BCUT2D eigenvalue weighted by atomic mass is 79.9. The smallest absolute Gasteiger partial charge is 0.263 e. The third kappa shape index (κ3) is 3.16. The Morgan fingerprint density at radius 3 is 2.47 bits per heavy atom. The lowest BCUT2D eigenvalue weighted by Gasteiger charge is -2.09. The van der Waals surface area contributed by atoms with E-state index < -0.39 is 15.8 Å². The minimum absolute atomic E-state index is 0.0488. The fourth-order valence-electron chi connectivity index (χ4n) is 1.60. The molecule has 2 aromatic rings. The average molecular weight is 364 g/mol. The Balaban J connectivity index is 2.39. The minimum atomic E-state index is -3.77. The molecule has 0 aliphatic heterocycles. The van der Waals surface area contributed by atoms with Gasteiger partial charge in [0.1, 0.15) is 10.7 Å². The minimum Gasteiger partial charge on any atom is -0.277 e. The van der Waals surface area contributed by atoms with Crippen molar-refractivity contribution in [2.24, 2.45) is 0 Å². The zero-order valence-electron chi connectivity index (χ0n) is 10.2. The molecule has 1 N–H and O–H groups in total. The van der Waals surface area contributed by atoms with E-state index in [0.717, 1.165) is 9.35 Å². The van der Waals surface area contributed by atoms with E-state index in [1.54, 1.807) is 19.9 Å². The Kier molecular flexibility index (Phi) is 3.98. The second-order valence-electron chi connectivity index (χ2n) is 4.06. The van der Waals surface area contributed by atoms with Crippen LogP contribution in [0.2, 0.25) is 0 Å². The van der Waals surface area contributed by atoms with Gasteiger partial charge in [-0.25, -0.2) is 12.8 Å². The summed E-state index contributed by atoms with van der Waals surface area (Å²) in [5, 5.41) is 0. The van der Waals surface area contributed by atoms with E-state index in [9.17, 15) is 12.8 Å². The van der Waals surface area contributed by atoms with E-state index in [1.165, 1.54) is 29.5 Å². The third-order valence-electron chi connectivity index (χ3n) is 2.50. The predicted octanol–water partition coefficient (Wildman–Crippen LogP) is 4.07. The van der Waals surface area contributed by atoms with Crippen LogP contribution in [0.5, 0.6) is 0 Å². The van der Waals surface area contributed by atoms with Gasteiger partial charge in [-0.1, -0.05) is 6.07 Å². The van der Waals surface area contributed by atoms with E-state index >= 15 is 0 Å². The highest BCUT2D eigenvalue weighted by Gasteiger charge is 2.20. The largest absolute Gasteiger partial charge is 0.277 e. The predicted molar refractivity (Wildman–Crippen MR) is 78.7 cm³/mol. The zero-order chi connectivity index (χ0) is 14.2. The van der Waals surface area contributed by atoms with E-state index in [-0.39, 0.29) is 10.6 Å². The molecule has 0 aliphatic carbocycles. The van der Waals surface area contributed by atoms with Gasteiger partial charge in [-0.2, -0.15) is 0 Å². The van der Waals surface area contributed by atoms with Crippen LogP contribution in [-0.2, 0) is 10.0 Å². The summed E-state index contributed by atoms with van der Waals surface area (Å²) in [4.78, 5) is 0.802. The molecular formula is C12H11BrFNO2S2. The molecule has 7 heteroatoms. The number of aryl methyl sites for hydroxylation is 2. The molecule has 1 heterocycles. The molecule has 0 atom stereocenters. The first kappa shape index (κ1) is 14.5. The van der Waals surface area contributed by atoms with E-state index in [1.807, 2.05) is 0 Å². The Labute approximate surface area is 123 Å². The molecule has 2 rings (SSSR count). The first-order chi connectivity index (χ1) is 8.79. The van der Waals surface area contributed by atoms with Gasteiger partial charge in [0, 0.05) is 4.88 Å². The number of hydrogen-bond acceptors (Lipinski definition) is 3. The van der Waals surface area contributed by atoms with Gasteiger partial charge in [-0.05, 0) is 53.5 Å². The second kappa shape index (κ2) is 5.22. The van der Waals surface area contributed by atoms with Crippen molar-refractivity contribution in [2.75, 3.05) is 4.72 Å². The maximum absolute atomic E-state index is 13.7. The number of benzene rings is 1. The van der Waals surface area contributed by atoms with Crippen LogP contribution in [-0.4, -0.2) is 8.42 Å². The van der Waals surface area contributed by atoms with Crippen LogP contribution in [0.25, 0.3) is 0 Å². The van der Waals surface area contributed by atoms with Gasteiger partial charge in [0.2, 0.25) is 0 Å². The van der Waals surface area contributed by atoms with Crippen LogP contribution < -0.4 is 4.72 Å². The molecule has 0 saturated heterocycles. The maximum Gasteiger partial charge on any atom is 0.263 e. The number of thiophene rings is 1. The number of anilines is 1. The lowest BCUT2D eigenvalue weighted by molar-refractivity contribution is 0.598. The van der Waals surface area contributed by atoms with Gasteiger partial charge >= 0.3 is 0 Å². The first-order valence-electron chi connectivity index (χ1n) is 5.34. The van der Waals surface area contributed by atoms with Crippen molar-refractivity contribution >= 4 is 43.0 Å². The molecule has 0 fully saturated rings. The molecule has 3 nitrogen and oxygen atoms in total. The number of nitrogens with one attached hydrogen (secondary N) is 1. The maximum atomic E-state index is 13.7. The average Bonchev–Trinajstić information content (AvgIpc) is 2.63. The number of rotatable bonds is 3.